The summed E-state index contributed by atoms with van der Waals surface area (Å²) in [5.74, 6) is -0.564. The van der Waals surface area contributed by atoms with E-state index in [1.165, 1.54) is 0 Å². The van der Waals surface area contributed by atoms with Crippen LogP contribution in [-0.4, -0.2) is 58.8 Å². The van der Waals surface area contributed by atoms with E-state index in [1.807, 2.05) is 67.7 Å². The lowest BCUT2D eigenvalue weighted by Crippen LogP contribution is -2.59. The summed E-state index contributed by atoms with van der Waals surface area (Å²) in [4.78, 5) is 44.9. The molecule has 8 nitrogen and oxygen atoms in total. The van der Waals surface area contributed by atoms with Crippen molar-refractivity contribution >= 4 is 28.6 Å². The molecule has 1 aromatic heterocycles. The van der Waals surface area contributed by atoms with Crippen LogP contribution in [0.2, 0.25) is 0 Å². The second kappa shape index (κ2) is 10.8. The number of likely N-dealkylation sites (tertiary alicyclic amines) is 1. The van der Waals surface area contributed by atoms with Gasteiger partial charge in [0.1, 0.15) is 6.04 Å². The molecular formula is C29H37N5O3. The highest BCUT2D eigenvalue weighted by molar-refractivity contribution is 5.93. The molecule has 0 saturated carbocycles. The maximum Gasteiger partial charge on any atom is 0.245 e. The van der Waals surface area contributed by atoms with Gasteiger partial charge < -0.3 is 26.3 Å². The lowest BCUT2D eigenvalue weighted by molar-refractivity contribution is -0.140. The minimum atomic E-state index is -1.12. The minimum Gasteiger partial charge on any atom is -0.361 e. The molecule has 5 N–H and O–H groups in total. The standard InChI is InChI=1S/C29H37N5O3/c1-4-31-27(37)29(21-10-6-5-7-11-21)14-16-34(17-15-29)25(35)24(33-26(36)28(2,3)30)18-20-19-32-23-13-9-8-12-22(20)23/h5-13,19,24,32H,4,14-18,30H2,1-3H3,(H,31,37)(H,33,36). The van der Waals surface area contributed by atoms with E-state index in [0.29, 0.717) is 38.9 Å². The second-order valence-corrected chi connectivity index (χ2v) is 10.4. The molecule has 196 valence electrons. The Bertz CT molecular complexity index is 1250. The van der Waals surface area contributed by atoms with Gasteiger partial charge in [-0.05, 0) is 50.8 Å². The third kappa shape index (κ3) is 5.54. The molecule has 0 spiro atoms. The zero-order valence-electron chi connectivity index (χ0n) is 21.8. The summed E-state index contributed by atoms with van der Waals surface area (Å²) < 4.78 is 0. The number of nitrogens with two attached hydrogens (primary N) is 1. The van der Waals surface area contributed by atoms with Crippen LogP contribution < -0.4 is 16.4 Å². The predicted molar refractivity (Wildman–Crippen MR) is 145 cm³/mol. The Kier molecular flexibility index (Phi) is 7.68. The van der Waals surface area contributed by atoms with Crippen LogP contribution in [0.1, 0.15) is 44.7 Å². The van der Waals surface area contributed by atoms with Crippen LogP contribution >= 0.6 is 0 Å². The van der Waals surface area contributed by atoms with Crippen LogP contribution in [0.4, 0.5) is 0 Å². The Morgan fingerprint density at radius 1 is 1.05 bits per heavy atom. The van der Waals surface area contributed by atoms with Gasteiger partial charge in [0.15, 0.2) is 0 Å². The highest BCUT2D eigenvalue weighted by Crippen LogP contribution is 2.36. The van der Waals surface area contributed by atoms with Gasteiger partial charge in [-0.15, -0.1) is 0 Å². The van der Waals surface area contributed by atoms with E-state index in [-0.39, 0.29) is 17.7 Å². The first-order chi connectivity index (χ1) is 17.7. The topological polar surface area (TPSA) is 120 Å². The summed E-state index contributed by atoms with van der Waals surface area (Å²) in [6.45, 7) is 6.53. The summed E-state index contributed by atoms with van der Waals surface area (Å²) in [5, 5.41) is 6.91. The lowest BCUT2D eigenvalue weighted by atomic mass is 9.72. The van der Waals surface area contributed by atoms with Gasteiger partial charge >= 0.3 is 0 Å². The van der Waals surface area contributed by atoms with Gasteiger partial charge in [-0.25, -0.2) is 0 Å². The summed E-state index contributed by atoms with van der Waals surface area (Å²) in [6, 6.07) is 16.9. The number of rotatable bonds is 8. The normalized spacial score (nSPS) is 16.3. The van der Waals surface area contributed by atoms with Gasteiger partial charge in [0.2, 0.25) is 17.7 Å². The molecule has 1 unspecified atom stereocenters. The van der Waals surface area contributed by atoms with E-state index in [1.54, 1.807) is 18.7 Å². The third-order valence-corrected chi connectivity index (χ3v) is 7.31. The van der Waals surface area contributed by atoms with Crippen LogP contribution in [0.15, 0.2) is 60.8 Å². The largest absolute Gasteiger partial charge is 0.361 e. The lowest BCUT2D eigenvalue weighted by Gasteiger charge is -2.42. The molecule has 3 aromatic rings. The quantitative estimate of drug-likeness (QED) is 0.378. The van der Waals surface area contributed by atoms with E-state index in [9.17, 15) is 14.4 Å². The number of benzene rings is 2. The molecule has 1 aliphatic heterocycles. The molecule has 4 rings (SSSR count). The van der Waals surface area contributed by atoms with Crippen molar-refractivity contribution in [2.24, 2.45) is 5.73 Å². The number of aromatic amines is 1. The number of carbonyl (C=O) groups is 3. The van der Waals surface area contributed by atoms with Gasteiger partial charge in [-0.1, -0.05) is 48.5 Å². The maximum absolute atomic E-state index is 13.8. The van der Waals surface area contributed by atoms with Crippen molar-refractivity contribution in [1.82, 2.24) is 20.5 Å². The first kappa shape index (κ1) is 26.4. The number of carbonyl (C=O) groups excluding carboxylic acids is 3. The average molecular weight is 504 g/mol. The van der Waals surface area contributed by atoms with Crippen LogP contribution in [0.3, 0.4) is 0 Å². The number of likely N-dealkylation sites (N-methyl/N-ethyl adjacent to an activating group) is 1. The van der Waals surface area contributed by atoms with E-state index in [4.69, 9.17) is 5.73 Å². The number of hydrogen-bond donors (Lipinski definition) is 4. The predicted octanol–water partition coefficient (Wildman–Crippen LogP) is 2.63. The van der Waals surface area contributed by atoms with Crippen molar-refractivity contribution in [1.29, 1.82) is 0 Å². The maximum atomic E-state index is 13.8. The summed E-state index contributed by atoms with van der Waals surface area (Å²) in [5.41, 5.74) is 7.11. The van der Waals surface area contributed by atoms with E-state index in [2.05, 4.69) is 15.6 Å². The van der Waals surface area contributed by atoms with Crippen molar-refractivity contribution in [3.63, 3.8) is 0 Å². The monoisotopic (exact) mass is 503 g/mol. The van der Waals surface area contributed by atoms with Crippen molar-refractivity contribution < 1.29 is 14.4 Å². The molecule has 37 heavy (non-hydrogen) atoms. The molecule has 0 aliphatic carbocycles. The number of fused-ring (bicyclic) bond motifs is 1. The van der Waals surface area contributed by atoms with E-state index in [0.717, 1.165) is 22.0 Å². The Labute approximate surface area is 218 Å². The molecule has 0 bridgehead atoms. The van der Waals surface area contributed by atoms with Crippen molar-refractivity contribution in [3.8, 4) is 0 Å². The van der Waals surface area contributed by atoms with Gasteiger partial charge in [-0.3, -0.25) is 14.4 Å². The first-order valence-electron chi connectivity index (χ1n) is 12.9. The molecule has 8 heteroatoms. The highest BCUT2D eigenvalue weighted by atomic mass is 16.2. The van der Waals surface area contributed by atoms with Gasteiger partial charge in [0.05, 0.1) is 11.0 Å². The summed E-state index contributed by atoms with van der Waals surface area (Å²) in [7, 11) is 0. The minimum absolute atomic E-state index is 0.0122. The number of hydrogen-bond acceptors (Lipinski definition) is 4. The van der Waals surface area contributed by atoms with Gasteiger partial charge in [-0.2, -0.15) is 0 Å². The Balaban J connectivity index is 1.57. The van der Waals surface area contributed by atoms with Crippen LogP contribution in [0, 0.1) is 0 Å². The number of aromatic nitrogens is 1. The Hall–Kier alpha value is -3.65. The molecule has 1 aliphatic rings. The SMILES string of the molecule is CCNC(=O)C1(c2ccccc2)CCN(C(=O)C(Cc2c[nH]c3ccccc23)NC(=O)C(C)(C)N)CC1. The fourth-order valence-electron chi connectivity index (χ4n) is 5.13. The molecule has 1 saturated heterocycles. The molecule has 2 heterocycles. The highest BCUT2D eigenvalue weighted by Gasteiger charge is 2.44. The van der Waals surface area contributed by atoms with Crippen molar-refractivity contribution in [3.05, 3.63) is 71.9 Å². The molecular weight excluding hydrogens is 466 g/mol. The Morgan fingerprint density at radius 2 is 1.70 bits per heavy atom. The zero-order valence-corrected chi connectivity index (χ0v) is 21.8. The fraction of sp³-hybridized carbons (Fsp3) is 0.414. The summed E-state index contributed by atoms with van der Waals surface area (Å²) in [6.07, 6.45) is 3.23. The number of nitrogens with one attached hydrogen (secondary N) is 3. The van der Waals surface area contributed by atoms with Gasteiger partial charge in [0, 0.05) is 43.2 Å². The Morgan fingerprint density at radius 3 is 2.35 bits per heavy atom. The number of para-hydroxylation sites is 1. The molecule has 1 atom stereocenters. The molecule has 1 fully saturated rings. The van der Waals surface area contributed by atoms with Gasteiger partial charge in [0.25, 0.3) is 0 Å². The van der Waals surface area contributed by atoms with Crippen molar-refractivity contribution in [2.75, 3.05) is 19.6 Å². The molecule has 2 aromatic carbocycles. The first-order valence-corrected chi connectivity index (χ1v) is 12.9. The number of piperidine rings is 1. The number of H-pyrrole nitrogens is 1. The number of amides is 3. The summed E-state index contributed by atoms with van der Waals surface area (Å²) >= 11 is 0. The third-order valence-electron chi connectivity index (χ3n) is 7.31. The molecule has 3 amide bonds. The van der Waals surface area contributed by atoms with Crippen LogP contribution in [-0.2, 0) is 26.2 Å². The van der Waals surface area contributed by atoms with Crippen LogP contribution in [0.5, 0.6) is 0 Å². The zero-order chi connectivity index (χ0) is 26.6. The second-order valence-electron chi connectivity index (χ2n) is 10.4. The smallest absolute Gasteiger partial charge is 0.245 e. The number of nitrogens with zero attached hydrogens (tertiary/aromatic N) is 1. The van der Waals surface area contributed by atoms with E-state index < -0.39 is 17.0 Å². The molecule has 0 radical (unpaired) electrons. The van der Waals surface area contributed by atoms with Crippen LogP contribution in [0.25, 0.3) is 10.9 Å². The van der Waals surface area contributed by atoms with E-state index >= 15 is 0 Å². The average Bonchev–Trinajstić information content (AvgIpc) is 3.30. The fourth-order valence-corrected chi connectivity index (χ4v) is 5.13. The van der Waals surface area contributed by atoms with Crippen molar-refractivity contribution in [2.45, 2.75) is 57.0 Å².